The molecule has 0 radical (unpaired) electrons. The Kier molecular flexibility index (Phi) is 8.48. The molecule has 29 heavy (non-hydrogen) atoms. The number of non-ortho nitro benzene ring substituents is 1. The third-order valence-electron chi connectivity index (χ3n) is 4.32. The Hall–Kier alpha value is -2.58. The summed E-state index contributed by atoms with van der Waals surface area (Å²) in [5, 5.41) is 13.9. The molecule has 2 amide bonds. The van der Waals surface area contributed by atoms with Gasteiger partial charge in [-0.2, -0.15) is 0 Å². The molecule has 0 aliphatic heterocycles. The Morgan fingerprint density at radius 1 is 1.14 bits per heavy atom. The van der Waals surface area contributed by atoms with Crippen molar-refractivity contribution in [2.24, 2.45) is 0 Å². The van der Waals surface area contributed by atoms with Gasteiger partial charge in [0.15, 0.2) is 0 Å². The first-order valence-corrected chi connectivity index (χ1v) is 10.4. The molecule has 0 aliphatic rings. The molecule has 1 N–H and O–H groups in total. The normalized spacial score (nSPS) is 11.6. The minimum absolute atomic E-state index is 0.0309. The molecule has 1 unspecified atom stereocenters. The van der Waals surface area contributed by atoms with E-state index in [9.17, 15) is 19.7 Å². The topological polar surface area (TPSA) is 92.6 Å². The highest BCUT2D eigenvalue weighted by molar-refractivity contribution is 7.99. The van der Waals surface area contributed by atoms with Crippen LogP contribution in [0.1, 0.15) is 18.1 Å². The van der Waals surface area contributed by atoms with Crippen molar-refractivity contribution in [1.29, 1.82) is 0 Å². The van der Waals surface area contributed by atoms with E-state index in [-0.39, 0.29) is 23.3 Å². The minimum Gasteiger partial charge on any atom is -0.357 e. The van der Waals surface area contributed by atoms with Gasteiger partial charge in [0, 0.05) is 36.5 Å². The van der Waals surface area contributed by atoms with Crippen LogP contribution >= 0.6 is 23.4 Å². The molecule has 0 saturated carbocycles. The summed E-state index contributed by atoms with van der Waals surface area (Å²) in [5.74, 6) is 0.314. The summed E-state index contributed by atoms with van der Waals surface area (Å²) >= 11 is 7.31. The molecule has 0 saturated heterocycles. The first-order chi connectivity index (χ1) is 13.8. The van der Waals surface area contributed by atoms with Crippen LogP contribution in [0, 0.1) is 10.1 Å². The van der Waals surface area contributed by atoms with E-state index in [2.05, 4.69) is 5.32 Å². The number of rotatable bonds is 9. The predicted octanol–water partition coefficient (Wildman–Crippen LogP) is 3.64. The van der Waals surface area contributed by atoms with Crippen molar-refractivity contribution < 1.29 is 14.5 Å². The summed E-state index contributed by atoms with van der Waals surface area (Å²) in [6, 6.07) is 12.7. The lowest BCUT2D eigenvalue weighted by atomic mass is 10.1. The van der Waals surface area contributed by atoms with Crippen molar-refractivity contribution in [3.8, 4) is 0 Å². The number of halogens is 1. The van der Waals surface area contributed by atoms with Gasteiger partial charge in [0.2, 0.25) is 11.8 Å². The van der Waals surface area contributed by atoms with E-state index in [1.54, 1.807) is 31.2 Å². The Morgan fingerprint density at radius 2 is 1.72 bits per heavy atom. The van der Waals surface area contributed by atoms with Crippen LogP contribution < -0.4 is 5.32 Å². The van der Waals surface area contributed by atoms with Crippen molar-refractivity contribution in [3.63, 3.8) is 0 Å². The molecular formula is C20H22ClN3O4S. The third-order valence-corrected chi connectivity index (χ3v) is 5.56. The maximum absolute atomic E-state index is 12.8. The number of nitrogens with zero attached hydrogens (tertiary/aromatic N) is 2. The zero-order chi connectivity index (χ0) is 21.4. The number of carbonyl (C=O) groups is 2. The first-order valence-electron chi connectivity index (χ1n) is 8.88. The molecule has 154 valence electrons. The van der Waals surface area contributed by atoms with Gasteiger partial charge in [-0.25, -0.2) is 0 Å². The van der Waals surface area contributed by atoms with Crippen molar-refractivity contribution in [2.45, 2.75) is 25.3 Å². The second kappa shape index (κ2) is 10.8. The average molecular weight is 436 g/mol. The van der Waals surface area contributed by atoms with Crippen LogP contribution in [0.2, 0.25) is 5.02 Å². The lowest BCUT2D eigenvalue weighted by molar-refractivity contribution is -0.384. The molecule has 0 spiro atoms. The molecule has 2 rings (SSSR count). The van der Waals surface area contributed by atoms with Crippen LogP contribution in [0.15, 0.2) is 48.5 Å². The summed E-state index contributed by atoms with van der Waals surface area (Å²) in [7, 11) is 1.53. The smallest absolute Gasteiger partial charge is 0.269 e. The fourth-order valence-corrected chi connectivity index (χ4v) is 3.63. The molecule has 0 aromatic heterocycles. The lowest BCUT2D eigenvalue weighted by Gasteiger charge is -2.28. The standard InChI is InChI=1S/C20H22ClN3O4S/c1-14(20(26)22-2)23(11-15-3-7-17(21)8-4-15)19(25)13-29-12-16-5-9-18(10-6-16)24(27)28/h3-10,14H,11-13H2,1-2H3,(H,22,26). The van der Waals surface area contributed by atoms with E-state index in [4.69, 9.17) is 11.6 Å². The number of benzene rings is 2. The quantitative estimate of drug-likeness (QED) is 0.479. The lowest BCUT2D eigenvalue weighted by Crippen LogP contribution is -2.47. The van der Waals surface area contributed by atoms with Gasteiger partial charge in [-0.15, -0.1) is 11.8 Å². The summed E-state index contributed by atoms with van der Waals surface area (Å²) in [6.45, 7) is 1.98. The van der Waals surface area contributed by atoms with Crippen molar-refractivity contribution >= 4 is 40.9 Å². The van der Waals surface area contributed by atoms with Gasteiger partial charge in [0.1, 0.15) is 6.04 Å². The molecule has 0 heterocycles. The van der Waals surface area contributed by atoms with E-state index in [1.807, 2.05) is 12.1 Å². The van der Waals surface area contributed by atoms with Gasteiger partial charge in [0.05, 0.1) is 10.7 Å². The number of hydrogen-bond donors (Lipinski definition) is 1. The molecule has 7 nitrogen and oxygen atoms in total. The van der Waals surface area contributed by atoms with Crippen LogP contribution in [0.4, 0.5) is 5.69 Å². The Balaban J connectivity index is 2.01. The summed E-state index contributed by atoms with van der Waals surface area (Å²) in [5.41, 5.74) is 1.79. The van der Waals surface area contributed by atoms with Crippen molar-refractivity contribution in [2.75, 3.05) is 12.8 Å². The fraction of sp³-hybridized carbons (Fsp3) is 0.300. The Bertz CT molecular complexity index is 859. The number of carbonyl (C=O) groups excluding carboxylic acids is 2. The summed E-state index contributed by atoms with van der Waals surface area (Å²) < 4.78 is 0. The number of nitro groups is 1. The average Bonchev–Trinajstić information content (AvgIpc) is 2.72. The van der Waals surface area contributed by atoms with Gasteiger partial charge in [-0.05, 0) is 30.2 Å². The van der Waals surface area contributed by atoms with E-state index in [0.29, 0.717) is 17.3 Å². The zero-order valence-electron chi connectivity index (χ0n) is 16.1. The number of hydrogen-bond acceptors (Lipinski definition) is 5. The van der Waals surface area contributed by atoms with Gasteiger partial charge in [-0.3, -0.25) is 19.7 Å². The Labute approximate surface area is 178 Å². The zero-order valence-corrected chi connectivity index (χ0v) is 17.7. The highest BCUT2D eigenvalue weighted by atomic mass is 35.5. The largest absolute Gasteiger partial charge is 0.357 e. The predicted molar refractivity (Wildman–Crippen MR) is 115 cm³/mol. The number of amides is 2. The number of thioether (sulfide) groups is 1. The molecule has 1 atom stereocenters. The third kappa shape index (κ3) is 6.76. The van der Waals surface area contributed by atoms with Crippen LogP contribution in [0.25, 0.3) is 0 Å². The maximum atomic E-state index is 12.8. The second-order valence-corrected chi connectivity index (χ2v) is 7.78. The van der Waals surface area contributed by atoms with Crippen molar-refractivity contribution in [1.82, 2.24) is 10.2 Å². The maximum Gasteiger partial charge on any atom is 0.269 e. The highest BCUT2D eigenvalue weighted by Crippen LogP contribution is 2.19. The van der Waals surface area contributed by atoms with Crippen molar-refractivity contribution in [3.05, 3.63) is 74.8 Å². The van der Waals surface area contributed by atoms with Gasteiger partial charge in [0.25, 0.3) is 5.69 Å². The van der Waals surface area contributed by atoms with E-state index >= 15 is 0 Å². The molecule has 2 aromatic rings. The molecule has 0 bridgehead atoms. The van der Waals surface area contributed by atoms with Crippen LogP contribution in [0.5, 0.6) is 0 Å². The Morgan fingerprint density at radius 3 is 2.28 bits per heavy atom. The monoisotopic (exact) mass is 435 g/mol. The first kappa shape index (κ1) is 22.7. The summed E-state index contributed by atoms with van der Waals surface area (Å²) in [6.07, 6.45) is 0. The second-order valence-electron chi connectivity index (χ2n) is 6.35. The van der Waals surface area contributed by atoms with Gasteiger partial charge in [-0.1, -0.05) is 35.9 Å². The highest BCUT2D eigenvalue weighted by Gasteiger charge is 2.25. The number of likely N-dealkylation sites (N-methyl/N-ethyl adjacent to an activating group) is 1. The summed E-state index contributed by atoms with van der Waals surface area (Å²) in [4.78, 5) is 36.7. The van der Waals surface area contributed by atoms with E-state index in [0.717, 1.165) is 11.1 Å². The van der Waals surface area contributed by atoms with Crippen LogP contribution in [-0.2, 0) is 21.9 Å². The number of nitro benzene ring substituents is 1. The van der Waals surface area contributed by atoms with Gasteiger partial charge >= 0.3 is 0 Å². The number of nitrogens with one attached hydrogen (secondary N) is 1. The minimum atomic E-state index is -0.622. The van der Waals surface area contributed by atoms with Crippen LogP contribution in [-0.4, -0.2) is 40.5 Å². The van der Waals surface area contributed by atoms with E-state index < -0.39 is 11.0 Å². The molecule has 2 aromatic carbocycles. The van der Waals surface area contributed by atoms with Gasteiger partial charge < -0.3 is 10.2 Å². The molecule has 0 aliphatic carbocycles. The van der Waals surface area contributed by atoms with E-state index in [1.165, 1.54) is 35.8 Å². The molecule has 9 heteroatoms. The fourth-order valence-electron chi connectivity index (χ4n) is 2.63. The SMILES string of the molecule is CNC(=O)C(C)N(Cc1ccc(Cl)cc1)C(=O)CSCc1ccc([N+](=O)[O-])cc1. The van der Waals surface area contributed by atoms with Crippen LogP contribution in [0.3, 0.4) is 0 Å². The molecular weight excluding hydrogens is 414 g/mol. The molecule has 0 fully saturated rings.